The van der Waals surface area contributed by atoms with Gasteiger partial charge in [0.2, 0.25) is 15.9 Å². The van der Waals surface area contributed by atoms with Crippen LogP contribution in [0.4, 0.5) is 5.69 Å². The molecule has 0 radical (unpaired) electrons. The number of hydrogen-bond donors (Lipinski definition) is 1. The highest BCUT2D eigenvalue weighted by atomic mass is 32.2. The van der Waals surface area contributed by atoms with Gasteiger partial charge in [-0.1, -0.05) is 12.1 Å². The van der Waals surface area contributed by atoms with Gasteiger partial charge in [-0.25, -0.2) is 8.42 Å². The Bertz CT molecular complexity index is 972. The summed E-state index contributed by atoms with van der Waals surface area (Å²) in [7, 11) is -3.63. The maximum atomic E-state index is 12.6. The van der Waals surface area contributed by atoms with E-state index in [9.17, 15) is 18.0 Å². The highest BCUT2D eigenvalue weighted by molar-refractivity contribution is 7.92. The molecule has 1 unspecified atom stereocenters. The van der Waals surface area contributed by atoms with Gasteiger partial charge in [0, 0.05) is 19.1 Å². The molecule has 156 valence electrons. The minimum absolute atomic E-state index is 0.216. The number of likely N-dealkylation sites (tertiary alicyclic amines) is 1. The third-order valence-corrected chi connectivity index (χ3v) is 5.92. The van der Waals surface area contributed by atoms with Crippen LogP contribution >= 0.6 is 0 Å². The van der Waals surface area contributed by atoms with E-state index >= 15 is 0 Å². The summed E-state index contributed by atoms with van der Waals surface area (Å²) >= 11 is 0. The summed E-state index contributed by atoms with van der Waals surface area (Å²) in [6.07, 6.45) is 3.98. The van der Waals surface area contributed by atoms with E-state index < -0.39 is 15.9 Å². The fourth-order valence-electron chi connectivity index (χ4n) is 3.42. The molecule has 0 saturated carbocycles. The standard InChI is InChI=1S/C20H25N3O5S/c1-15-6-3-8-17(12-15)23(29(2,26)27)14-19(24)21-16-7-4-10-22(13-16)20(25)18-9-5-11-28-18/h3,5-6,8-9,11-12,16H,4,7,10,13-14H2,1-2H3,(H,21,24). The van der Waals surface area contributed by atoms with E-state index in [1.54, 1.807) is 35.2 Å². The molecule has 8 nitrogen and oxygen atoms in total. The molecule has 1 N–H and O–H groups in total. The van der Waals surface area contributed by atoms with Gasteiger partial charge < -0.3 is 14.6 Å². The Morgan fingerprint density at radius 1 is 1.28 bits per heavy atom. The highest BCUT2D eigenvalue weighted by Crippen LogP contribution is 2.19. The minimum atomic E-state index is -3.63. The molecule has 1 aromatic heterocycles. The van der Waals surface area contributed by atoms with Crippen molar-refractivity contribution in [2.24, 2.45) is 0 Å². The molecule has 29 heavy (non-hydrogen) atoms. The van der Waals surface area contributed by atoms with Crippen molar-refractivity contribution in [1.82, 2.24) is 10.2 Å². The van der Waals surface area contributed by atoms with Gasteiger partial charge in [-0.3, -0.25) is 13.9 Å². The largest absolute Gasteiger partial charge is 0.459 e. The van der Waals surface area contributed by atoms with Gasteiger partial charge in [0.1, 0.15) is 6.54 Å². The number of nitrogens with one attached hydrogen (secondary N) is 1. The minimum Gasteiger partial charge on any atom is -0.459 e. The Balaban J connectivity index is 1.64. The molecule has 2 aromatic rings. The van der Waals surface area contributed by atoms with E-state index in [1.807, 2.05) is 13.0 Å². The number of nitrogens with zero attached hydrogens (tertiary/aromatic N) is 2. The lowest BCUT2D eigenvalue weighted by molar-refractivity contribution is -0.120. The molecule has 1 atom stereocenters. The van der Waals surface area contributed by atoms with Crippen molar-refractivity contribution in [3.05, 3.63) is 54.0 Å². The molecular formula is C20H25N3O5S. The first-order valence-corrected chi connectivity index (χ1v) is 11.3. The van der Waals surface area contributed by atoms with Crippen LogP contribution in [0, 0.1) is 6.92 Å². The molecule has 9 heteroatoms. The molecule has 0 bridgehead atoms. The van der Waals surface area contributed by atoms with Crippen molar-refractivity contribution in [2.75, 3.05) is 30.2 Å². The Kier molecular flexibility index (Phi) is 6.26. The first kappa shape index (κ1) is 20.9. The summed E-state index contributed by atoms with van der Waals surface area (Å²) in [6, 6.07) is 10.0. The molecular weight excluding hydrogens is 394 g/mol. The first-order chi connectivity index (χ1) is 13.7. The lowest BCUT2D eigenvalue weighted by Gasteiger charge is -2.33. The van der Waals surface area contributed by atoms with Crippen molar-refractivity contribution in [1.29, 1.82) is 0 Å². The van der Waals surface area contributed by atoms with Gasteiger partial charge in [0.05, 0.1) is 18.2 Å². The second kappa shape index (κ2) is 8.69. The molecule has 1 saturated heterocycles. The summed E-state index contributed by atoms with van der Waals surface area (Å²) in [6.45, 7) is 2.49. The second-order valence-corrected chi connectivity index (χ2v) is 9.15. The van der Waals surface area contributed by atoms with Crippen LogP contribution in [0.15, 0.2) is 47.1 Å². The molecule has 3 rings (SSSR count). The monoisotopic (exact) mass is 419 g/mol. The van der Waals surface area contributed by atoms with Crippen LogP contribution in [0.5, 0.6) is 0 Å². The molecule has 0 aliphatic carbocycles. The Morgan fingerprint density at radius 2 is 2.07 bits per heavy atom. The summed E-state index contributed by atoms with van der Waals surface area (Å²) in [4.78, 5) is 26.7. The van der Waals surface area contributed by atoms with Crippen molar-refractivity contribution in [2.45, 2.75) is 25.8 Å². The second-order valence-electron chi connectivity index (χ2n) is 7.24. The van der Waals surface area contributed by atoms with Crippen LogP contribution in [0.1, 0.15) is 29.0 Å². The van der Waals surface area contributed by atoms with Gasteiger partial charge in [-0.2, -0.15) is 0 Å². The average Bonchev–Trinajstić information content (AvgIpc) is 3.19. The molecule has 2 amide bonds. The third kappa shape index (κ3) is 5.38. The Labute approximate surface area is 170 Å². The number of amides is 2. The van der Waals surface area contributed by atoms with Gasteiger partial charge in [-0.15, -0.1) is 0 Å². The number of anilines is 1. The van der Waals surface area contributed by atoms with E-state index in [1.165, 1.54) is 6.26 Å². The predicted octanol–water partition coefficient (Wildman–Crippen LogP) is 1.78. The fraction of sp³-hybridized carbons (Fsp3) is 0.400. The number of benzene rings is 1. The normalized spacial score (nSPS) is 17.0. The lowest BCUT2D eigenvalue weighted by Crippen LogP contribution is -2.51. The fourth-order valence-corrected chi connectivity index (χ4v) is 4.27. The molecule has 1 aliphatic rings. The van der Waals surface area contributed by atoms with E-state index in [2.05, 4.69) is 5.32 Å². The van der Waals surface area contributed by atoms with Crippen molar-refractivity contribution >= 4 is 27.5 Å². The maximum absolute atomic E-state index is 12.6. The number of furan rings is 1. The molecule has 0 spiro atoms. The van der Waals surface area contributed by atoms with E-state index in [4.69, 9.17) is 4.42 Å². The maximum Gasteiger partial charge on any atom is 0.289 e. The predicted molar refractivity (Wildman–Crippen MR) is 109 cm³/mol. The summed E-state index contributed by atoms with van der Waals surface area (Å²) in [5.74, 6) is -0.361. The summed E-state index contributed by atoms with van der Waals surface area (Å²) in [5.41, 5.74) is 1.34. The van der Waals surface area contributed by atoms with Crippen LogP contribution in [0.3, 0.4) is 0 Å². The summed E-state index contributed by atoms with van der Waals surface area (Å²) < 4.78 is 30.7. The smallest absolute Gasteiger partial charge is 0.289 e. The highest BCUT2D eigenvalue weighted by Gasteiger charge is 2.28. The molecule has 1 aliphatic heterocycles. The zero-order valence-corrected chi connectivity index (χ0v) is 17.3. The zero-order valence-electron chi connectivity index (χ0n) is 16.5. The third-order valence-electron chi connectivity index (χ3n) is 4.78. The van der Waals surface area contributed by atoms with Crippen LogP contribution in [0.2, 0.25) is 0 Å². The van der Waals surface area contributed by atoms with Gasteiger partial charge in [0.15, 0.2) is 5.76 Å². The number of aryl methyl sites for hydroxylation is 1. The van der Waals surface area contributed by atoms with Crippen LogP contribution < -0.4 is 9.62 Å². The van der Waals surface area contributed by atoms with Crippen molar-refractivity contribution < 1.29 is 22.4 Å². The first-order valence-electron chi connectivity index (χ1n) is 9.40. The summed E-state index contributed by atoms with van der Waals surface area (Å²) in [5, 5.41) is 2.87. The van der Waals surface area contributed by atoms with Crippen LogP contribution in [0.25, 0.3) is 0 Å². The Hall–Kier alpha value is -2.81. The number of sulfonamides is 1. The van der Waals surface area contributed by atoms with Crippen LogP contribution in [-0.4, -0.2) is 57.1 Å². The van der Waals surface area contributed by atoms with Crippen LogP contribution in [-0.2, 0) is 14.8 Å². The Morgan fingerprint density at radius 3 is 2.72 bits per heavy atom. The SMILES string of the molecule is Cc1cccc(N(CC(=O)NC2CCCN(C(=O)c3ccco3)C2)S(C)(=O)=O)c1. The van der Waals surface area contributed by atoms with E-state index in [0.29, 0.717) is 18.8 Å². The van der Waals surface area contributed by atoms with Gasteiger partial charge >= 0.3 is 0 Å². The van der Waals surface area contributed by atoms with Gasteiger partial charge in [0.25, 0.3) is 5.91 Å². The van der Waals surface area contributed by atoms with E-state index in [0.717, 1.165) is 29.0 Å². The molecule has 2 heterocycles. The lowest BCUT2D eigenvalue weighted by atomic mass is 10.1. The van der Waals surface area contributed by atoms with E-state index in [-0.39, 0.29) is 24.3 Å². The quantitative estimate of drug-likeness (QED) is 0.769. The molecule has 1 fully saturated rings. The zero-order chi connectivity index (χ0) is 21.0. The number of rotatable bonds is 6. The molecule has 1 aromatic carbocycles. The van der Waals surface area contributed by atoms with Crippen molar-refractivity contribution in [3.63, 3.8) is 0 Å². The number of piperidine rings is 1. The topological polar surface area (TPSA) is 99.9 Å². The number of carbonyl (C=O) groups excluding carboxylic acids is 2. The average molecular weight is 420 g/mol. The number of carbonyl (C=O) groups is 2. The van der Waals surface area contributed by atoms with Gasteiger partial charge in [-0.05, 0) is 49.6 Å². The van der Waals surface area contributed by atoms with Crippen molar-refractivity contribution in [3.8, 4) is 0 Å². The number of hydrogen-bond acceptors (Lipinski definition) is 5.